The highest BCUT2D eigenvalue weighted by atomic mass is 16.2. The molecule has 0 saturated carbocycles. The van der Waals surface area contributed by atoms with Gasteiger partial charge in [-0.1, -0.05) is 33.6 Å². The molecule has 2 heterocycles. The largest absolute Gasteiger partial charge is 0.342 e. The Labute approximate surface area is 147 Å². The highest BCUT2D eigenvalue weighted by molar-refractivity contribution is 5.79. The van der Waals surface area contributed by atoms with Crippen LogP contribution in [0.1, 0.15) is 69.8 Å². The number of aromatic nitrogens is 2. The number of nitrogens with zero attached hydrogens (tertiary/aromatic N) is 3. The Balaban J connectivity index is 2.00. The molecule has 24 heavy (non-hydrogen) atoms. The van der Waals surface area contributed by atoms with E-state index in [9.17, 15) is 4.79 Å². The lowest BCUT2D eigenvalue weighted by Gasteiger charge is -2.21. The van der Waals surface area contributed by atoms with E-state index in [1.807, 2.05) is 6.92 Å². The second-order valence-corrected chi connectivity index (χ2v) is 7.87. The van der Waals surface area contributed by atoms with Gasteiger partial charge in [0, 0.05) is 30.9 Å². The Hall–Kier alpha value is -1.32. The fourth-order valence-electron chi connectivity index (χ4n) is 3.89. The van der Waals surface area contributed by atoms with Crippen LogP contribution in [-0.2, 0) is 17.8 Å². The van der Waals surface area contributed by atoms with Crippen LogP contribution in [0, 0.1) is 25.7 Å². The molecule has 0 aliphatic carbocycles. The van der Waals surface area contributed by atoms with Crippen LogP contribution in [0.5, 0.6) is 0 Å². The van der Waals surface area contributed by atoms with Crippen LogP contribution in [0.15, 0.2) is 0 Å². The van der Waals surface area contributed by atoms with Gasteiger partial charge in [0.05, 0.1) is 12.1 Å². The first-order chi connectivity index (χ1) is 11.4. The molecule has 1 atom stereocenters. The number of rotatable bonds is 6. The zero-order chi connectivity index (χ0) is 17.7. The predicted octanol–water partition coefficient (Wildman–Crippen LogP) is 4.13. The summed E-state index contributed by atoms with van der Waals surface area (Å²) in [6, 6.07) is 0. The van der Waals surface area contributed by atoms with Gasteiger partial charge < -0.3 is 4.90 Å². The van der Waals surface area contributed by atoms with Gasteiger partial charge >= 0.3 is 0 Å². The van der Waals surface area contributed by atoms with Crippen LogP contribution in [-0.4, -0.2) is 33.7 Å². The highest BCUT2D eigenvalue weighted by Gasteiger charge is 2.22. The molecule has 1 aliphatic heterocycles. The molecule has 0 aromatic carbocycles. The number of likely N-dealkylation sites (tertiary alicyclic amines) is 1. The maximum absolute atomic E-state index is 12.8. The normalized spacial score (nSPS) is 18.9. The van der Waals surface area contributed by atoms with Crippen LogP contribution < -0.4 is 0 Å². The molecule has 1 aliphatic rings. The minimum absolute atomic E-state index is 0.280. The average molecular weight is 334 g/mol. The van der Waals surface area contributed by atoms with Crippen molar-refractivity contribution in [2.24, 2.45) is 11.8 Å². The molecular weight excluding hydrogens is 298 g/mol. The van der Waals surface area contributed by atoms with Crippen molar-refractivity contribution in [2.45, 2.75) is 79.7 Å². The van der Waals surface area contributed by atoms with Gasteiger partial charge in [-0.05, 0) is 44.9 Å². The summed E-state index contributed by atoms with van der Waals surface area (Å²) in [7, 11) is 0. The molecule has 0 radical (unpaired) electrons. The van der Waals surface area contributed by atoms with Gasteiger partial charge in [-0.15, -0.1) is 0 Å². The lowest BCUT2D eigenvalue weighted by Crippen LogP contribution is -2.33. The Morgan fingerprint density at radius 1 is 1.25 bits per heavy atom. The lowest BCUT2D eigenvalue weighted by atomic mass is 9.96. The standard InChI is InChI=1S/C20H35N3O/c1-6-8-18-9-7-11-22(12-10-18)20(24)13-19-16(4)21-23(17(19)5)14-15(2)3/h15,18H,6-14H2,1-5H3. The molecule has 1 fully saturated rings. The lowest BCUT2D eigenvalue weighted by molar-refractivity contribution is -0.130. The first-order valence-electron chi connectivity index (χ1n) is 9.73. The molecule has 0 bridgehead atoms. The van der Waals surface area contributed by atoms with E-state index < -0.39 is 0 Å². The third kappa shape index (κ3) is 4.84. The number of amides is 1. The zero-order valence-electron chi connectivity index (χ0n) is 16.3. The molecule has 1 unspecified atom stereocenters. The molecular formula is C20H35N3O. The van der Waals surface area contributed by atoms with Gasteiger partial charge in [0.25, 0.3) is 0 Å². The fourth-order valence-corrected chi connectivity index (χ4v) is 3.89. The number of hydrogen-bond donors (Lipinski definition) is 0. The van der Waals surface area contributed by atoms with Crippen molar-refractivity contribution < 1.29 is 4.79 Å². The van der Waals surface area contributed by atoms with E-state index in [1.165, 1.54) is 25.7 Å². The van der Waals surface area contributed by atoms with Crippen molar-refractivity contribution in [3.8, 4) is 0 Å². The summed E-state index contributed by atoms with van der Waals surface area (Å²) in [5, 5.41) is 4.65. The second-order valence-electron chi connectivity index (χ2n) is 7.87. The number of hydrogen-bond acceptors (Lipinski definition) is 2. The SMILES string of the molecule is CCCC1CCCN(C(=O)Cc2c(C)nn(CC(C)C)c2C)CC1. The van der Waals surface area contributed by atoms with Gasteiger partial charge in [0.1, 0.15) is 0 Å². The molecule has 0 spiro atoms. The molecule has 4 heteroatoms. The smallest absolute Gasteiger partial charge is 0.227 e. The van der Waals surface area contributed by atoms with E-state index >= 15 is 0 Å². The van der Waals surface area contributed by atoms with Crippen LogP contribution in [0.4, 0.5) is 0 Å². The summed E-state index contributed by atoms with van der Waals surface area (Å²) in [6.07, 6.45) is 6.68. The first-order valence-corrected chi connectivity index (χ1v) is 9.73. The van der Waals surface area contributed by atoms with Crippen LogP contribution in [0.3, 0.4) is 0 Å². The van der Waals surface area contributed by atoms with E-state index in [2.05, 4.69) is 42.4 Å². The quantitative estimate of drug-likeness (QED) is 0.785. The Morgan fingerprint density at radius 3 is 2.67 bits per heavy atom. The number of carbonyl (C=O) groups is 1. The van der Waals surface area contributed by atoms with Crippen molar-refractivity contribution in [2.75, 3.05) is 13.1 Å². The van der Waals surface area contributed by atoms with Crippen molar-refractivity contribution in [1.82, 2.24) is 14.7 Å². The van der Waals surface area contributed by atoms with Crippen molar-refractivity contribution in [3.05, 3.63) is 17.0 Å². The van der Waals surface area contributed by atoms with E-state index in [0.717, 1.165) is 48.9 Å². The molecule has 1 amide bonds. The summed E-state index contributed by atoms with van der Waals surface area (Å²) in [4.78, 5) is 14.9. The Bertz CT molecular complexity index is 547. The summed E-state index contributed by atoms with van der Waals surface area (Å²) in [5.41, 5.74) is 3.31. The Morgan fingerprint density at radius 2 is 2.00 bits per heavy atom. The van der Waals surface area contributed by atoms with Gasteiger partial charge in [-0.25, -0.2) is 0 Å². The third-order valence-corrected chi connectivity index (χ3v) is 5.29. The van der Waals surface area contributed by atoms with Crippen molar-refractivity contribution in [1.29, 1.82) is 0 Å². The molecule has 4 nitrogen and oxygen atoms in total. The van der Waals surface area contributed by atoms with E-state index in [-0.39, 0.29) is 5.91 Å². The summed E-state index contributed by atoms with van der Waals surface area (Å²) >= 11 is 0. The number of carbonyl (C=O) groups excluding carboxylic acids is 1. The minimum atomic E-state index is 0.280. The minimum Gasteiger partial charge on any atom is -0.342 e. The average Bonchev–Trinajstić information content (AvgIpc) is 2.71. The zero-order valence-corrected chi connectivity index (χ0v) is 16.3. The fraction of sp³-hybridized carbons (Fsp3) is 0.800. The maximum atomic E-state index is 12.8. The second kappa shape index (κ2) is 8.68. The van der Waals surface area contributed by atoms with Gasteiger partial charge in [-0.3, -0.25) is 9.48 Å². The van der Waals surface area contributed by atoms with Gasteiger partial charge in [0.15, 0.2) is 0 Å². The molecule has 0 N–H and O–H groups in total. The predicted molar refractivity (Wildman–Crippen MR) is 99.1 cm³/mol. The van der Waals surface area contributed by atoms with Gasteiger partial charge in [-0.2, -0.15) is 5.10 Å². The molecule has 136 valence electrons. The van der Waals surface area contributed by atoms with Gasteiger partial charge in [0.2, 0.25) is 5.91 Å². The first kappa shape index (κ1) is 19.0. The molecule has 1 aromatic heterocycles. The summed E-state index contributed by atoms with van der Waals surface area (Å²) < 4.78 is 2.07. The van der Waals surface area contributed by atoms with Crippen molar-refractivity contribution in [3.63, 3.8) is 0 Å². The summed E-state index contributed by atoms with van der Waals surface area (Å²) in [5.74, 6) is 1.65. The van der Waals surface area contributed by atoms with E-state index in [0.29, 0.717) is 12.3 Å². The monoisotopic (exact) mass is 333 g/mol. The van der Waals surface area contributed by atoms with E-state index in [4.69, 9.17) is 0 Å². The summed E-state index contributed by atoms with van der Waals surface area (Å²) in [6.45, 7) is 13.6. The maximum Gasteiger partial charge on any atom is 0.227 e. The highest BCUT2D eigenvalue weighted by Crippen LogP contribution is 2.23. The third-order valence-electron chi connectivity index (χ3n) is 5.29. The molecule has 2 rings (SSSR count). The van der Waals surface area contributed by atoms with Crippen LogP contribution in [0.2, 0.25) is 0 Å². The van der Waals surface area contributed by atoms with Crippen LogP contribution in [0.25, 0.3) is 0 Å². The number of aryl methyl sites for hydroxylation is 1. The van der Waals surface area contributed by atoms with Crippen molar-refractivity contribution >= 4 is 5.91 Å². The Kier molecular flexibility index (Phi) is 6.88. The van der Waals surface area contributed by atoms with Crippen LogP contribution >= 0.6 is 0 Å². The molecule has 1 saturated heterocycles. The topological polar surface area (TPSA) is 38.1 Å². The van der Waals surface area contributed by atoms with E-state index in [1.54, 1.807) is 0 Å². The molecule has 1 aromatic rings.